The third kappa shape index (κ3) is 7.63. The van der Waals surface area contributed by atoms with Gasteiger partial charge < -0.3 is 28.8 Å². The molecule has 1 N–H and O–H groups in total. The number of carbonyl (C=O) groups is 2. The van der Waals surface area contributed by atoms with Crippen molar-refractivity contribution in [1.29, 1.82) is 5.26 Å². The molecule has 5 heterocycles. The van der Waals surface area contributed by atoms with Gasteiger partial charge in [-0.05, 0) is 24.3 Å². The molecule has 6 rings (SSSR count). The lowest BCUT2D eigenvalue weighted by Gasteiger charge is -2.46. The van der Waals surface area contributed by atoms with Gasteiger partial charge in [-0.1, -0.05) is 16.5 Å². The van der Waals surface area contributed by atoms with Gasteiger partial charge >= 0.3 is 11.9 Å². The molecule has 2 aliphatic heterocycles. The van der Waals surface area contributed by atoms with E-state index >= 15 is 0 Å². The second kappa shape index (κ2) is 15.7. The Kier molecular flexibility index (Phi) is 11.2. The number of nitrogens with zero attached hydrogens (tertiary/aromatic N) is 8. The van der Waals surface area contributed by atoms with E-state index in [1.54, 1.807) is 24.4 Å². The van der Waals surface area contributed by atoms with E-state index in [1.807, 2.05) is 6.07 Å². The van der Waals surface area contributed by atoms with Crippen LogP contribution in [0.2, 0.25) is 0 Å². The van der Waals surface area contributed by atoms with Gasteiger partial charge in [0.15, 0.2) is 23.6 Å². The van der Waals surface area contributed by atoms with Crippen molar-refractivity contribution in [3.63, 3.8) is 0 Å². The summed E-state index contributed by atoms with van der Waals surface area (Å²) in [5, 5.41) is 36.7. The lowest BCUT2D eigenvalue weighted by atomic mass is 9.94. The number of aromatic nitrogens is 7. The largest absolute Gasteiger partial charge is 0.469 e. The summed E-state index contributed by atoms with van der Waals surface area (Å²) in [7, 11) is 2.55. The van der Waals surface area contributed by atoms with Gasteiger partial charge in [-0.25, -0.2) is 27.5 Å². The van der Waals surface area contributed by atoms with E-state index in [0.29, 0.717) is 11.4 Å². The van der Waals surface area contributed by atoms with Gasteiger partial charge in [0.05, 0.1) is 56.2 Å². The molecular weight excluding hydrogens is 713 g/mol. The lowest BCUT2D eigenvalue weighted by molar-refractivity contribution is -0.203. The van der Waals surface area contributed by atoms with E-state index in [9.17, 15) is 33.1 Å². The molecule has 274 valence electrons. The van der Waals surface area contributed by atoms with Crippen LogP contribution in [0.1, 0.15) is 31.1 Å². The number of pyridine rings is 1. The summed E-state index contributed by atoms with van der Waals surface area (Å²) in [5.74, 6) is -5.93. The minimum atomic E-state index is -1.65. The second-order valence-electron chi connectivity index (χ2n) is 11.8. The Hall–Kier alpha value is -4.94. The molecule has 20 heteroatoms. The van der Waals surface area contributed by atoms with Gasteiger partial charge in [-0.15, -0.1) is 22.0 Å². The zero-order valence-corrected chi connectivity index (χ0v) is 28.5. The number of rotatable bonds is 10. The average Bonchev–Trinajstić information content (AvgIpc) is 3.83. The highest BCUT2D eigenvalue weighted by molar-refractivity contribution is 8.00. The van der Waals surface area contributed by atoms with Gasteiger partial charge in [0.25, 0.3) is 0 Å². The molecule has 0 bridgehead atoms. The van der Waals surface area contributed by atoms with E-state index in [4.69, 9.17) is 23.7 Å². The number of carbonyl (C=O) groups excluding carboxylic acids is 2. The summed E-state index contributed by atoms with van der Waals surface area (Å²) < 4.78 is 73.3. The quantitative estimate of drug-likeness (QED) is 0.183. The van der Waals surface area contributed by atoms with Crippen LogP contribution in [0.5, 0.6) is 0 Å². The Bertz CT molecular complexity index is 1950. The number of ether oxygens (including phenoxy) is 5. The highest BCUT2D eigenvalue weighted by Gasteiger charge is 2.52. The third-order valence-corrected chi connectivity index (χ3v) is 9.92. The Morgan fingerprint density at radius 1 is 1.04 bits per heavy atom. The van der Waals surface area contributed by atoms with Crippen LogP contribution in [0.25, 0.3) is 22.6 Å². The molecule has 2 aliphatic rings. The van der Waals surface area contributed by atoms with Crippen molar-refractivity contribution >= 4 is 23.7 Å². The molecule has 52 heavy (non-hydrogen) atoms. The monoisotopic (exact) mass is 744 g/mol. The van der Waals surface area contributed by atoms with Crippen LogP contribution in [0.3, 0.4) is 0 Å². The van der Waals surface area contributed by atoms with E-state index in [2.05, 4.69) is 25.6 Å². The average molecular weight is 745 g/mol. The smallest absolute Gasteiger partial charge is 0.308 e. The Morgan fingerprint density at radius 2 is 1.75 bits per heavy atom. The van der Waals surface area contributed by atoms with Crippen LogP contribution in [0.15, 0.2) is 42.7 Å². The number of aliphatic hydroxyl groups is 1. The minimum absolute atomic E-state index is 0.0462. The number of hydrogen-bond donors (Lipinski definition) is 1. The highest BCUT2D eigenvalue weighted by atomic mass is 32.2. The predicted octanol–water partition coefficient (Wildman–Crippen LogP) is 2.40. The first kappa shape index (κ1) is 36.8. The number of esters is 2. The zero-order valence-electron chi connectivity index (χ0n) is 27.7. The molecule has 1 aromatic carbocycles. The summed E-state index contributed by atoms with van der Waals surface area (Å²) >= 11 is 1.13. The molecule has 0 saturated carbocycles. The number of benzene rings is 1. The molecular formula is C32H31F3N8O8S. The van der Waals surface area contributed by atoms with Crippen LogP contribution in [0.4, 0.5) is 13.2 Å². The maximum absolute atomic E-state index is 14.1. The molecule has 0 aliphatic carbocycles. The van der Waals surface area contributed by atoms with E-state index in [0.717, 1.165) is 30.8 Å². The topological polar surface area (TPSA) is 199 Å². The minimum Gasteiger partial charge on any atom is -0.469 e. The van der Waals surface area contributed by atoms with Crippen LogP contribution >= 0.6 is 11.8 Å². The number of halogens is 3. The molecule has 0 spiro atoms. The normalized spacial score (nSPS) is 26.0. The van der Waals surface area contributed by atoms with Crippen molar-refractivity contribution in [2.75, 3.05) is 27.4 Å². The van der Waals surface area contributed by atoms with Crippen LogP contribution in [-0.2, 0) is 33.3 Å². The maximum atomic E-state index is 14.1. The SMILES string of the molecule is COC(=O)C[C@H]1O[C@@H](S[C@@H]2COC[C@H](n3cc(-c4cccc(C#N)n4)nn3)[C@H]2O)[C@H](OC)[C@@H](n2cc(-c3cc(F)c(F)c(F)c3)nn2)[C@H]1OC(C)=O. The highest BCUT2D eigenvalue weighted by Crippen LogP contribution is 2.43. The molecule has 0 amide bonds. The van der Waals surface area contributed by atoms with Crippen molar-refractivity contribution in [2.24, 2.45) is 0 Å². The maximum Gasteiger partial charge on any atom is 0.308 e. The summed E-state index contributed by atoms with van der Waals surface area (Å²) in [5.41, 5.74) is -0.159. The van der Waals surface area contributed by atoms with E-state index in [1.165, 1.54) is 29.8 Å². The van der Waals surface area contributed by atoms with Crippen molar-refractivity contribution in [3.05, 3.63) is 65.9 Å². The van der Waals surface area contributed by atoms with Crippen molar-refractivity contribution in [1.82, 2.24) is 35.0 Å². The third-order valence-electron chi connectivity index (χ3n) is 8.51. The van der Waals surface area contributed by atoms with Crippen molar-refractivity contribution in [2.45, 2.75) is 60.5 Å². The van der Waals surface area contributed by atoms with Crippen LogP contribution < -0.4 is 0 Å². The van der Waals surface area contributed by atoms with E-state index < -0.39 is 76.6 Å². The van der Waals surface area contributed by atoms with Crippen molar-refractivity contribution in [3.8, 4) is 28.7 Å². The molecule has 2 fully saturated rings. The van der Waals surface area contributed by atoms with Gasteiger partial charge in [-0.2, -0.15) is 5.26 Å². The number of thioether (sulfide) groups is 1. The van der Waals surface area contributed by atoms with Gasteiger partial charge in [-0.3, -0.25) is 9.59 Å². The van der Waals surface area contributed by atoms with Gasteiger partial charge in [0.1, 0.15) is 52.9 Å². The van der Waals surface area contributed by atoms with Gasteiger partial charge in [0, 0.05) is 19.6 Å². The van der Waals surface area contributed by atoms with E-state index in [-0.39, 0.29) is 36.6 Å². The summed E-state index contributed by atoms with van der Waals surface area (Å²) in [6.07, 6.45) is -1.94. The fourth-order valence-corrected chi connectivity index (χ4v) is 7.53. The number of nitriles is 1. The van der Waals surface area contributed by atoms with Crippen LogP contribution in [0, 0.1) is 28.8 Å². The standard InChI is InChI=1S/C32H31F3N8O8S/c1-15(44)50-30-24(9-26(45)47-2)51-32(31(48-3)28(30)43-11-21(38-41-43)16-7-18(33)27(35)19(34)8-16)52-25-14-49-13-23(29(25)46)42-12-22(39-40-42)20-6-4-5-17(10-36)37-20/h4-8,11-12,23-25,28-32,46H,9,13-14H2,1-3H3/t23-,24+,25+,28-,29+,30-,31+,32-/m0/s1. The fraction of sp³-hybridized carbons (Fsp3) is 0.438. The molecule has 2 saturated heterocycles. The fourth-order valence-electron chi connectivity index (χ4n) is 6.03. The summed E-state index contributed by atoms with van der Waals surface area (Å²) in [4.78, 5) is 29.2. The summed E-state index contributed by atoms with van der Waals surface area (Å²) in [6.45, 7) is 1.31. The van der Waals surface area contributed by atoms with Crippen molar-refractivity contribution < 1.29 is 51.6 Å². The number of hydrogen-bond acceptors (Lipinski definition) is 15. The first-order valence-electron chi connectivity index (χ1n) is 15.7. The van der Waals surface area contributed by atoms with Crippen LogP contribution in [-0.4, -0.2) is 115 Å². The Balaban J connectivity index is 1.30. The Labute approximate surface area is 297 Å². The molecule has 8 atom stereocenters. The summed E-state index contributed by atoms with van der Waals surface area (Å²) in [6, 6.07) is 6.61. The molecule has 16 nitrogen and oxygen atoms in total. The number of aliphatic hydroxyl groups excluding tert-OH is 1. The molecule has 3 aromatic heterocycles. The number of methoxy groups -OCH3 is 2. The Morgan fingerprint density at radius 3 is 2.44 bits per heavy atom. The second-order valence-corrected chi connectivity index (χ2v) is 13.1. The zero-order chi connectivity index (χ0) is 37.1. The molecule has 0 unspecified atom stereocenters. The first-order chi connectivity index (χ1) is 25.0. The van der Waals surface area contributed by atoms with Gasteiger partial charge in [0.2, 0.25) is 0 Å². The predicted molar refractivity (Wildman–Crippen MR) is 171 cm³/mol. The first-order valence-corrected chi connectivity index (χ1v) is 16.6. The molecule has 0 radical (unpaired) electrons. The molecule has 4 aromatic rings. The lowest BCUT2D eigenvalue weighted by Crippen LogP contribution is -2.57.